The van der Waals surface area contributed by atoms with Crippen molar-refractivity contribution in [3.8, 4) is 0 Å². The molecule has 0 bridgehead atoms. The topological polar surface area (TPSA) is 48.0 Å². The highest BCUT2D eigenvalue weighted by Crippen LogP contribution is 2.35. The minimum Gasteiger partial charge on any atom is -1.00 e. The highest BCUT2D eigenvalue weighted by Gasteiger charge is 2.34. The number of nitrogens with zero attached hydrogens (tertiary/aromatic N) is 3. The van der Waals surface area contributed by atoms with Gasteiger partial charge in [0, 0.05) is 18.7 Å². The molecule has 0 aliphatic heterocycles. The lowest BCUT2D eigenvalue weighted by Crippen LogP contribution is -3.00. The summed E-state index contributed by atoms with van der Waals surface area (Å²) in [7, 11) is 2.03. The number of fused-ring (bicyclic) bond motifs is 1. The minimum absolute atomic E-state index is 0. The molecule has 1 aliphatic carbocycles. The van der Waals surface area contributed by atoms with E-state index in [-0.39, 0.29) is 42.6 Å². The summed E-state index contributed by atoms with van der Waals surface area (Å²) in [5.74, 6) is 2.64. The van der Waals surface area contributed by atoms with Crippen molar-refractivity contribution < 1.29 is 38.1 Å². The van der Waals surface area contributed by atoms with Crippen molar-refractivity contribution in [2.75, 3.05) is 0 Å². The van der Waals surface area contributed by atoms with Crippen LogP contribution in [-0.4, -0.2) is 21.6 Å². The first-order valence-corrected chi connectivity index (χ1v) is 9.92. The molecule has 0 N–H and O–H groups in total. The van der Waals surface area contributed by atoms with Crippen molar-refractivity contribution in [3.63, 3.8) is 0 Å². The Hall–Kier alpha value is -1.18. The standard InChI is InChI=1S/C21H32N3O2.HI/c1-6-20-23(5)18-12-22-10-9-17(18)24(20)13-21(25)26-19-11-15(4)7-8-16(19)14(2)3;/h9-10,12,14-16,19H,6-8,11,13H2,1-5H3;1H/q+1;/p-1/t15-,16+,19?;/m1./s1. The average Bonchev–Trinajstić information content (AvgIpc) is 2.86. The molecule has 0 aromatic carbocycles. The third-order valence-electron chi connectivity index (χ3n) is 5.98. The Labute approximate surface area is 179 Å². The monoisotopic (exact) mass is 485 g/mol. The van der Waals surface area contributed by atoms with Crippen LogP contribution in [0.25, 0.3) is 11.0 Å². The Morgan fingerprint density at radius 2 is 2.15 bits per heavy atom. The summed E-state index contributed by atoms with van der Waals surface area (Å²) >= 11 is 0. The quantitative estimate of drug-likeness (QED) is 0.351. The van der Waals surface area contributed by atoms with Gasteiger partial charge >= 0.3 is 5.97 Å². The lowest BCUT2D eigenvalue weighted by molar-refractivity contribution is -0.668. The van der Waals surface area contributed by atoms with E-state index in [4.69, 9.17) is 4.74 Å². The smallest absolute Gasteiger partial charge is 0.348 e. The first-order chi connectivity index (χ1) is 12.4. The second kappa shape index (κ2) is 9.34. The molecule has 5 nitrogen and oxygen atoms in total. The summed E-state index contributed by atoms with van der Waals surface area (Å²) < 4.78 is 10.2. The molecule has 0 saturated heterocycles. The second-order valence-corrected chi connectivity index (χ2v) is 8.13. The van der Waals surface area contributed by atoms with E-state index in [1.807, 2.05) is 19.3 Å². The van der Waals surface area contributed by atoms with Crippen LogP contribution < -0.4 is 28.5 Å². The summed E-state index contributed by atoms with van der Waals surface area (Å²) in [5, 5.41) is 0. The van der Waals surface area contributed by atoms with E-state index < -0.39 is 0 Å². The highest BCUT2D eigenvalue weighted by atomic mass is 127. The van der Waals surface area contributed by atoms with Gasteiger partial charge in [-0.15, -0.1) is 0 Å². The molecule has 2 aromatic heterocycles. The molecule has 0 amide bonds. The van der Waals surface area contributed by atoms with E-state index in [9.17, 15) is 4.79 Å². The predicted molar refractivity (Wildman–Crippen MR) is 102 cm³/mol. The Bertz CT molecular complexity index is 787. The summed E-state index contributed by atoms with van der Waals surface area (Å²) in [6, 6.07) is 1.97. The number of halogens is 1. The number of hydrogen-bond acceptors (Lipinski definition) is 3. The molecule has 150 valence electrons. The lowest BCUT2D eigenvalue weighted by atomic mass is 9.75. The van der Waals surface area contributed by atoms with Gasteiger partial charge in [0.1, 0.15) is 6.10 Å². The molecule has 27 heavy (non-hydrogen) atoms. The number of hydrogen-bond donors (Lipinski definition) is 0. The largest absolute Gasteiger partial charge is 1.00 e. The number of rotatable bonds is 5. The van der Waals surface area contributed by atoms with E-state index in [2.05, 4.69) is 41.8 Å². The van der Waals surface area contributed by atoms with Crippen molar-refractivity contribution in [3.05, 3.63) is 24.3 Å². The molecule has 3 atom stereocenters. The number of aryl methyl sites for hydroxylation is 1. The van der Waals surface area contributed by atoms with Crippen molar-refractivity contribution in [1.82, 2.24) is 9.55 Å². The maximum Gasteiger partial charge on any atom is 0.348 e. The summed E-state index contributed by atoms with van der Waals surface area (Å²) in [6.07, 6.45) is 7.92. The number of carbonyl (C=O) groups excluding carboxylic acids is 1. The number of imidazole rings is 1. The van der Waals surface area contributed by atoms with Crippen LogP contribution >= 0.6 is 0 Å². The molecule has 2 heterocycles. The Balaban J connectivity index is 0.00000261. The molecule has 0 spiro atoms. The zero-order valence-electron chi connectivity index (χ0n) is 17.1. The van der Waals surface area contributed by atoms with Gasteiger partial charge in [-0.3, -0.25) is 4.98 Å². The van der Waals surface area contributed by atoms with Gasteiger partial charge in [-0.25, -0.2) is 13.9 Å². The number of aromatic nitrogens is 3. The minimum atomic E-state index is -0.126. The molecule has 2 aromatic rings. The van der Waals surface area contributed by atoms with Gasteiger partial charge in [0.15, 0.2) is 17.6 Å². The zero-order valence-corrected chi connectivity index (χ0v) is 19.3. The molecule has 3 rings (SSSR count). The van der Waals surface area contributed by atoms with Crippen LogP contribution in [0.5, 0.6) is 0 Å². The summed E-state index contributed by atoms with van der Waals surface area (Å²) in [5.41, 5.74) is 2.08. The average molecular weight is 485 g/mol. The molecule has 1 unspecified atom stereocenters. The Morgan fingerprint density at radius 3 is 2.81 bits per heavy atom. The van der Waals surface area contributed by atoms with Gasteiger partial charge in [-0.05, 0) is 30.6 Å². The lowest BCUT2D eigenvalue weighted by Gasteiger charge is -2.36. The fourth-order valence-corrected chi connectivity index (χ4v) is 4.51. The molecular weight excluding hydrogens is 453 g/mol. The number of carbonyl (C=O) groups is 1. The van der Waals surface area contributed by atoms with Crippen molar-refractivity contribution in [2.45, 2.75) is 66.0 Å². The normalized spacial score (nSPS) is 22.7. The molecule has 1 fully saturated rings. The Kier molecular flexibility index (Phi) is 7.65. The number of esters is 1. The van der Waals surface area contributed by atoms with E-state index in [0.29, 0.717) is 17.8 Å². The fraction of sp³-hybridized carbons (Fsp3) is 0.667. The Morgan fingerprint density at radius 1 is 1.41 bits per heavy atom. The van der Waals surface area contributed by atoms with Crippen LogP contribution in [0.4, 0.5) is 0 Å². The molecule has 6 heteroatoms. The summed E-state index contributed by atoms with van der Waals surface area (Å²) in [6.45, 7) is 9.12. The van der Waals surface area contributed by atoms with Crippen LogP contribution in [0, 0.1) is 17.8 Å². The van der Waals surface area contributed by atoms with E-state index in [1.54, 1.807) is 6.20 Å². The zero-order chi connectivity index (χ0) is 18.8. The third-order valence-corrected chi connectivity index (χ3v) is 5.98. The van der Waals surface area contributed by atoms with Gasteiger partial charge in [0.25, 0.3) is 5.82 Å². The van der Waals surface area contributed by atoms with Crippen LogP contribution in [0.2, 0.25) is 0 Å². The van der Waals surface area contributed by atoms with Crippen molar-refractivity contribution in [2.24, 2.45) is 24.8 Å². The van der Waals surface area contributed by atoms with E-state index in [0.717, 1.165) is 36.1 Å². The van der Waals surface area contributed by atoms with Crippen LogP contribution in [0.3, 0.4) is 0 Å². The van der Waals surface area contributed by atoms with Crippen molar-refractivity contribution >= 4 is 17.0 Å². The van der Waals surface area contributed by atoms with Crippen LogP contribution in [-0.2, 0) is 29.5 Å². The van der Waals surface area contributed by atoms with Gasteiger partial charge in [-0.1, -0.05) is 34.1 Å². The first-order valence-electron chi connectivity index (χ1n) is 9.92. The highest BCUT2D eigenvalue weighted by molar-refractivity contribution is 5.73. The fourth-order valence-electron chi connectivity index (χ4n) is 4.51. The first kappa shape index (κ1) is 22.1. The second-order valence-electron chi connectivity index (χ2n) is 8.13. The van der Waals surface area contributed by atoms with Gasteiger partial charge in [0.05, 0.1) is 13.2 Å². The number of pyridine rings is 1. The van der Waals surface area contributed by atoms with E-state index >= 15 is 0 Å². The molecule has 0 radical (unpaired) electrons. The predicted octanol–water partition coefficient (Wildman–Crippen LogP) is 0.431. The van der Waals surface area contributed by atoms with Crippen LogP contribution in [0.15, 0.2) is 18.5 Å². The number of ether oxygens (including phenoxy) is 1. The summed E-state index contributed by atoms with van der Waals surface area (Å²) in [4.78, 5) is 17.0. The molecule has 1 saturated carbocycles. The maximum atomic E-state index is 12.8. The van der Waals surface area contributed by atoms with Gasteiger partial charge in [-0.2, -0.15) is 0 Å². The van der Waals surface area contributed by atoms with Gasteiger partial charge in [0.2, 0.25) is 0 Å². The van der Waals surface area contributed by atoms with Gasteiger partial charge < -0.3 is 28.7 Å². The molecular formula is C21H32IN3O2. The van der Waals surface area contributed by atoms with Crippen LogP contribution in [0.1, 0.15) is 52.8 Å². The maximum absolute atomic E-state index is 12.8. The van der Waals surface area contributed by atoms with Crippen molar-refractivity contribution in [1.29, 1.82) is 0 Å². The molecule has 1 aliphatic rings. The SMILES string of the molecule is CCc1n(C)c2cnccc2[n+]1CC(=O)OC1C[C@H](C)CC[C@H]1C(C)C.[I-]. The van der Waals surface area contributed by atoms with E-state index in [1.165, 1.54) is 6.42 Å². The third kappa shape index (κ3) is 4.63.